The minimum Gasteiger partial charge on any atom is -0.480 e. The van der Waals surface area contributed by atoms with E-state index in [2.05, 4.69) is 4.74 Å². The van der Waals surface area contributed by atoms with Gasteiger partial charge in [-0.1, -0.05) is 11.6 Å². The highest BCUT2D eigenvalue weighted by Crippen LogP contribution is 1.93. The topological polar surface area (TPSA) is 119 Å². The highest BCUT2D eigenvalue weighted by molar-refractivity contribution is 6.17. The number of aliphatic carboxylic acids is 1. The Hall–Kier alpha value is -1.50. The Balaban J connectivity index is 4.16. The van der Waals surface area contributed by atoms with Gasteiger partial charge in [0.15, 0.2) is 6.07 Å². The van der Waals surface area contributed by atoms with E-state index in [4.69, 9.17) is 22.4 Å². The lowest BCUT2D eigenvalue weighted by Gasteiger charge is -2.11. The molecule has 0 aliphatic rings. The lowest BCUT2D eigenvalue weighted by Crippen LogP contribution is -2.43. The summed E-state index contributed by atoms with van der Waals surface area (Å²) in [6.07, 6.45) is -1.53. The molecule has 80 valence electrons. The molecule has 0 heterocycles. The van der Waals surface area contributed by atoms with Gasteiger partial charge in [0.05, 0.1) is 6.42 Å². The number of primary amides is 1. The lowest BCUT2D eigenvalue weighted by atomic mass is 10.2. The van der Waals surface area contributed by atoms with Crippen LogP contribution in [0, 0.1) is 0 Å². The van der Waals surface area contributed by atoms with Crippen LogP contribution in [0.3, 0.4) is 0 Å². The molecule has 0 radical (unpaired) electrons. The van der Waals surface area contributed by atoms with Gasteiger partial charge in [0, 0.05) is 0 Å². The fraction of sp³-hybridized carbons (Fsp3) is 0.500. The maximum Gasteiger partial charge on any atom is 0.409 e. The van der Waals surface area contributed by atoms with E-state index in [9.17, 15) is 14.4 Å². The molecule has 0 fully saturated rings. The Morgan fingerprint density at radius 3 is 2.43 bits per heavy atom. The number of carboxylic acids is 1. The van der Waals surface area contributed by atoms with Gasteiger partial charge >= 0.3 is 12.1 Å². The zero-order valence-corrected chi connectivity index (χ0v) is 7.78. The Labute approximate surface area is 84.1 Å². The normalized spacial score (nSPS) is 11.5. The summed E-state index contributed by atoms with van der Waals surface area (Å²) < 4.78 is 4.20. The van der Waals surface area contributed by atoms with Crippen LogP contribution in [-0.4, -0.2) is 35.2 Å². The molecule has 0 saturated carbocycles. The largest absolute Gasteiger partial charge is 0.480 e. The molecule has 1 atom stereocenters. The van der Waals surface area contributed by atoms with E-state index in [0.29, 0.717) is 0 Å². The average molecular weight is 225 g/mol. The lowest BCUT2D eigenvalue weighted by molar-refractivity contribution is -0.141. The van der Waals surface area contributed by atoms with Crippen LogP contribution >= 0.6 is 11.6 Å². The summed E-state index contributed by atoms with van der Waals surface area (Å²) in [6.45, 7) is 0. The minimum absolute atomic E-state index is 0.408. The second-order valence-electron chi connectivity index (χ2n) is 2.25. The Kier molecular flexibility index (Phi) is 5.38. The van der Waals surface area contributed by atoms with Crippen molar-refractivity contribution in [1.82, 2.24) is 5.32 Å². The summed E-state index contributed by atoms with van der Waals surface area (Å²) in [7, 11) is 0. The number of hydrogen-bond donors (Lipinski definition) is 3. The first-order chi connectivity index (χ1) is 6.47. The first-order valence-corrected chi connectivity index (χ1v) is 4.01. The average Bonchev–Trinajstić information content (AvgIpc) is 2.02. The Morgan fingerprint density at radius 1 is 1.50 bits per heavy atom. The van der Waals surface area contributed by atoms with Gasteiger partial charge in [-0.15, -0.1) is 0 Å². The van der Waals surface area contributed by atoms with Gasteiger partial charge in [0.2, 0.25) is 5.91 Å². The zero-order chi connectivity index (χ0) is 11.1. The number of nitrogens with one attached hydrogen (secondary N) is 1. The van der Waals surface area contributed by atoms with Crippen molar-refractivity contribution in [1.29, 1.82) is 0 Å². The number of halogens is 1. The van der Waals surface area contributed by atoms with Crippen LogP contribution in [-0.2, 0) is 14.3 Å². The minimum atomic E-state index is -1.40. The fourth-order valence-corrected chi connectivity index (χ4v) is 0.734. The predicted molar refractivity (Wildman–Crippen MR) is 45.6 cm³/mol. The number of alkyl halides is 1. The van der Waals surface area contributed by atoms with E-state index in [1.807, 2.05) is 5.32 Å². The highest BCUT2D eigenvalue weighted by atomic mass is 35.5. The van der Waals surface area contributed by atoms with Gasteiger partial charge in [0.1, 0.15) is 6.04 Å². The quantitative estimate of drug-likeness (QED) is 0.530. The van der Waals surface area contributed by atoms with Crippen LogP contribution in [0.2, 0.25) is 0 Å². The van der Waals surface area contributed by atoms with Crippen LogP contribution in [0.5, 0.6) is 0 Å². The van der Waals surface area contributed by atoms with Crippen molar-refractivity contribution in [2.75, 3.05) is 6.07 Å². The van der Waals surface area contributed by atoms with Crippen molar-refractivity contribution in [2.45, 2.75) is 12.5 Å². The molecular formula is C6H9ClN2O5. The molecule has 0 aliphatic carbocycles. The molecule has 7 nitrogen and oxygen atoms in total. The van der Waals surface area contributed by atoms with Gasteiger partial charge in [-0.05, 0) is 0 Å². The van der Waals surface area contributed by atoms with Crippen molar-refractivity contribution < 1.29 is 24.2 Å². The van der Waals surface area contributed by atoms with Crippen LogP contribution < -0.4 is 11.1 Å². The number of ether oxygens (including phenoxy) is 1. The third kappa shape index (κ3) is 5.20. The van der Waals surface area contributed by atoms with Gasteiger partial charge in [-0.25, -0.2) is 9.59 Å². The molecule has 0 bridgehead atoms. The number of amides is 2. The van der Waals surface area contributed by atoms with E-state index in [-0.39, 0.29) is 0 Å². The van der Waals surface area contributed by atoms with Crippen molar-refractivity contribution in [3.05, 3.63) is 0 Å². The van der Waals surface area contributed by atoms with E-state index in [1.54, 1.807) is 0 Å². The molecule has 8 heteroatoms. The summed E-state index contributed by atoms with van der Waals surface area (Å²) in [5.41, 5.74) is 4.76. The summed E-state index contributed by atoms with van der Waals surface area (Å²) in [6, 6.07) is -1.81. The van der Waals surface area contributed by atoms with E-state index >= 15 is 0 Å². The standard InChI is InChI=1S/C6H9ClN2O5/c7-2-14-6(13)9-3(5(11)12)1-4(8)10/h3H,1-2H2,(H2,8,10)(H,9,13)(H,11,12). The van der Waals surface area contributed by atoms with Gasteiger partial charge in [-0.2, -0.15) is 0 Å². The van der Waals surface area contributed by atoms with Crippen LogP contribution in [0.1, 0.15) is 6.42 Å². The molecule has 0 aromatic rings. The van der Waals surface area contributed by atoms with Crippen LogP contribution in [0.25, 0.3) is 0 Å². The molecule has 0 aromatic carbocycles. The number of hydrogen-bond acceptors (Lipinski definition) is 4. The third-order valence-electron chi connectivity index (χ3n) is 1.18. The van der Waals surface area contributed by atoms with Gasteiger partial charge in [-0.3, -0.25) is 4.79 Å². The summed E-state index contributed by atoms with van der Waals surface area (Å²) in [5.74, 6) is -2.22. The summed E-state index contributed by atoms with van der Waals surface area (Å²) in [5, 5.41) is 10.4. The molecule has 1 unspecified atom stereocenters. The molecule has 0 spiro atoms. The molecule has 4 N–H and O–H groups in total. The smallest absolute Gasteiger partial charge is 0.409 e. The number of carbonyl (C=O) groups excluding carboxylic acids is 2. The fourth-order valence-electron chi connectivity index (χ4n) is 0.635. The first-order valence-electron chi connectivity index (χ1n) is 3.47. The maximum absolute atomic E-state index is 10.7. The number of carboxylic acid groups (broad SMARTS) is 1. The van der Waals surface area contributed by atoms with Gasteiger partial charge < -0.3 is 20.9 Å². The van der Waals surface area contributed by atoms with Crippen LogP contribution in [0.4, 0.5) is 4.79 Å². The molecule has 0 aliphatic heterocycles. The number of alkyl carbamates (subject to hydrolysis) is 1. The maximum atomic E-state index is 10.7. The molecule has 0 aromatic heterocycles. The molecular weight excluding hydrogens is 216 g/mol. The molecule has 0 rings (SSSR count). The third-order valence-corrected chi connectivity index (χ3v) is 1.29. The number of carbonyl (C=O) groups is 3. The van der Waals surface area contributed by atoms with Crippen molar-refractivity contribution in [3.8, 4) is 0 Å². The number of rotatable bonds is 5. The molecule has 2 amide bonds. The number of nitrogens with two attached hydrogens (primary N) is 1. The Bertz CT molecular complexity index is 244. The van der Waals surface area contributed by atoms with Crippen molar-refractivity contribution >= 4 is 29.6 Å². The highest BCUT2D eigenvalue weighted by Gasteiger charge is 2.22. The monoisotopic (exact) mass is 224 g/mol. The second-order valence-corrected chi connectivity index (χ2v) is 2.46. The van der Waals surface area contributed by atoms with E-state index in [0.717, 1.165) is 0 Å². The van der Waals surface area contributed by atoms with Crippen molar-refractivity contribution in [3.63, 3.8) is 0 Å². The van der Waals surface area contributed by atoms with E-state index in [1.165, 1.54) is 0 Å². The predicted octanol–water partition coefficient (Wildman–Crippen LogP) is -0.763. The zero-order valence-electron chi connectivity index (χ0n) is 7.03. The summed E-state index contributed by atoms with van der Waals surface area (Å²) >= 11 is 5.04. The van der Waals surface area contributed by atoms with Crippen LogP contribution in [0.15, 0.2) is 0 Å². The molecule has 14 heavy (non-hydrogen) atoms. The van der Waals surface area contributed by atoms with Gasteiger partial charge in [0.25, 0.3) is 0 Å². The summed E-state index contributed by atoms with van der Waals surface area (Å²) in [4.78, 5) is 31.6. The SMILES string of the molecule is NC(=O)CC(NC(=O)OCCl)C(=O)O. The van der Waals surface area contributed by atoms with E-state index < -0.39 is 36.5 Å². The van der Waals surface area contributed by atoms with Crippen molar-refractivity contribution in [2.24, 2.45) is 5.73 Å². The Morgan fingerprint density at radius 2 is 2.07 bits per heavy atom. The second kappa shape index (κ2) is 6.03. The first kappa shape index (κ1) is 12.5. The molecule has 0 saturated heterocycles.